The summed E-state index contributed by atoms with van der Waals surface area (Å²) in [7, 11) is -3.85. The van der Waals surface area contributed by atoms with Crippen LogP contribution >= 0.6 is 11.6 Å². The van der Waals surface area contributed by atoms with E-state index in [0.717, 1.165) is 25.0 Å². The molecule has 3 aromatic rings. The van der Waals surface area contributed by atoms with Gasteiger partial charge in [-0.25, -0.2) is 18.1 Å². The van der Waals surface area contributed by atoms with Gasteiger partial charge in [0.1, 0.15) is 15.7 Å². The molecule has 1 unspecified atom stereocenters. The van der Waals surface area contributed by atoms with Crippen LogP contribution in [0.15, 0.2) is 23.1 Å². The number of fused-ring (bicyclic) bond motifs is 1. The number of benzene rings is 1. The van der Waals surface area contributed by atoms with Crippen LogP contribution in [0.5, 0.6) is 5.75 Å². The van der Waals surface area contributed by atoms with Gasteiger partial charge >= 0.3 is 0 Å². The number of unbranched alkanes of at least 4 members (excludes halogenated alkanes) is 5. The molecule has 33 heavy (non-hydrogen) atoms. The summed E-state index contributed by atoms with van der Waals surface area (Å²) in [5.41, 5.74) is 7.50. The molecule has 3 rings (SSSR count). The van der Waals surface area contributed by atoms with E-state index in [0.29, 0.717) is 34.5 Å². The van der Waals surface area contributed by atoms with Crippen molar-refractivity contribution < 1.29 is 13.2 Å². The van der Waals surface area contributed by atoms with Crippen molar-refractivity contribution in [1.82, 2.24) is 24.5 Å². The number of nitrogens with one attached hydrogen (secondary N) is 2. The Kier molecular flexibility index (Phi) is 8.61. The van der Waals surface area contributed by atoms with Crippen LogP contribution in [-0.2, 0) is 10.0 Å². The number of anilines is 1. The smallest absolute Gasteiger partial charge is 0.244 e. The lowest BCUT2D eigenvalue weighted by Crippen LogP contribution is -2.28. The van der Waals surface area contributed by atoms with Crippen LogP contribution < -0.4 is 15.2 Å². The first kappa shape index (κ1) is 25.3. The van der Waals surface area contributed by atoms with E-state index in [1.165, 1.54) is 30.0 Å². The average Bonchev–Trinajstić information content (AvgIpc) is 3.31. The molecular weight excluding hydrogens is 464 g/mol. The van der Waals surface area contributed by atoms with E-state index in [2.05, 4.69) is 26.8 Å². The molecule has 0 spiro atoms. The van der Waals surface area contributed by atoms with Gasteiger partial charge in [0.2, 0.25) is 10.0 Å². The summed E-state index contributed by atoms with van der Waals surface area (Å²) in [6.07, 6.45) is 6.75. The lowest BCUT2D eigenvalue weighted by atomic mass is 10.1. The summed E-state index contributed by atoms with van der Waals surface area (Å²) in [6.45, 7) is 6.42. The largest absolute Gasteiger partial charge is 0.492 e. The summed E-state index contributed by atoms with van der Waals surface area (Å²) in [4.78, 5) is 4.46. The van der Waals surface area contributed by atoms with Crippen LogP contribution in [0.1, 0.15) is 69.8 Å². The molecule has 9 nitrogen and oxygen atoms in total. The zero-order chi connectivity index (χ0) is 24.0. The third kappa shape index (κ3) is 6.39. The highest BCUT2D eigenvalue weighted by Crippen LogP contribution is 2.27. The second-order valence-electron chi connectivity index (χ2n) is 8.33. The molecule has 0 radical (unpaired) electrons. The quantitative estimate of drug-likeness (QED) is 0.237. The first-order valence-electron chi connectivity index (χ1n) is 11.4. The summed E-state index contributed by atoms with van der Waals surface area (Å²) in [6, 6.07) is 4.67. The summed E-state index contributed by atoms with van der Waals surface area (Å²) in [5.74, 6) is 0.504. The fraction of sp³-hybridized carbons (Fsp3) is 0.545. The molecule has 1 aromatic carbocycles. The number of aromatic nitrogens is 4. The Bertz CT molecular complexity index is 1170. The molecule has 0 saturated heterocycles. The number of ether oxygens (including phenoxy) is 1. The summed E-state index contributed by atoms with van der Waals surface area (Å²) < 4.78 is 36.0. The third-order valence-electron chi connectivity index (χ3n) is 5.46. The van der Waals surface area contributed by atoms with Crippen LogP contribution in [-0.4, -0.2) is 41.4 Å². The highest BCUT2D eigenvalue weighted by Gasteiger charge is 2.23. The Labute approximate surface area is 200 Å². The van der Waals surface area contributed by atoms with Crippen molar-refractivity contribution in [2.24, 2.45) is 0 Å². The highest BCUT2D eigenvalue weighted by atomic mass is 35.5. The van der Waals surface area contributed by atoms with Crippen LogP contribution in [0.2, 0.25) is 5.02 Å². The molecule has 4 N–H and O–H groups in total. The van der Waals surface area contributed by atoms with E-state index in [1.807, 2.05) is 13.8 Å². The lowest BCUT2D eigenvalue weighted by molar-refractivity contribution is 0.297. The zero-order valence-corrected chi connectivity index (χ0v) is 21.0. The molecule has 0 fully saturated rings. The molecule has 0 amide bonds. The minimum absolute atomic E-state index is 0.0317. The molecule has 2 aromatic heterocycles. The number of halogens is 1. The van der Waals surface area contributed by atoms with Gasteiger partial charge in [0.15, 0.2) is 11.5 Å². The Morgan fingerprint density at radius 1 is 1.24 bits per heavy atom. The second-order valence-corrected chi connectivity index (χ2v) is 10.4. The molecule has 0 aliphatic carbocycles. The minimum atomic E-state index is -3.85. The Morgan fingerprint density at radius 2 is 1.97 bits per heavy atom. The van der Waals surface area contributed by atoms with Gasteiger partial charge in [-0.3, -0.25) is 5.10 Å². The van der Waals surface area contributed by atoms with Crippen LogP contribution in [0.3, 0.4) is 0 Å². The van der Waals surface area contributed by atoms with E-state index in [1.54, 1.807) is 12.1 Å². The van der Waals surface area contributed by atoms with Crippen molar-refractivity contribution in [2.45, 2.75) is 70.1 Å². The van der Waals surface area contributed by atoms with Gasteiger partial charge in [-0.15, -0.1) is 5.10 Å². The highest BCUT2D eigenvalue weighted by molar-refractivity contribution is 7.89. The maximum absolute atomic E-state index is 13.0. The minimum Gasteiger partial charge on any atom is -0.492 e. The van der Waals surface area contributed by atoms with Gasteiger partial charge in [-0.1, -0.05) is 57.6 Å². The van der Waals surface area contributed by atoms with Gasteiger partial charge in [-0.05, 0) is 31.5 Å². The van der Waals surface area contributed by atoms with E-state index >= 15 is 0 Å². The fourth-order valence-electron chi connectivity index (χ4n) is 3.45. The standard InChI is InChI=1S/C22H33ClN6O3S/c1-4-5-6-7-8-9-12-32-18-11-10-17(24)13-19(18)33(30,31)25-14-15(2)21-26-22-20(23)16(3)27-29(22)28-21/h10-11,13,15,25,27H,4-9,12,14,24H2,1-3H3. The van der Waals surface area contributed by atoms with Crippen molar-refractivity contribution in [3.05, 3.63) is 34.7 Å². The van der Waals surface area contributed by atoms with Gasteiger partial charge in [0.25, 0.3) is 0 Å². The van der Waals surface area contributed by atoms with Crippen LogP contribution in [0.25, 0.3) is 5.65 Å². The number of hydrogen-bond donors (Lipinski definition) is 3. The van der Waals surface area contributed by atoms with E-state index < -0.39 is 10.0 Å². The Morgan fingerprint density at radius 3 is 2.70 bits per heavy atom. The predicted octanol–water partition coefficient (Wildman–Crippen LogP) is 4.42. The number of hydrogen-bond acceptors (Lipinski definition) is 6. The second kappa shape index (κ2) is 11.2. The van der Waals surface area contributed by atoms with Crippen LogP contribution in [0.4, 0.5) is 5.69 Å². The summed E-state index contributed by atoms with van der Waals surface area (Å²) in [5, 5.41) is 7.85. The zero-order valence-electron chi connectivity index (χ0n) is 19.4. The Hall–Kier alpha value is -2.30. The van der Waals surface area contributed by atoms with Crippen molar-refractivity contribution in [1.29, 1.82) is 0 Å². The first-order chi connectivity index (χ1) is 15.7. The monoisotopic (exact) mass is 496 g/mol. The normalized spacial score (nSPS) is 13.0. The number of sulfonamides is 1. The topological polar surface area (TPSA) is 127 Å². The van der Waals surface area contributed by atoms with Gasteiger partial charge in [0, 0.05) is 18.2 Å². The van der Waals surface area contributed by atoms with E-state index in [9.17, 15) is 8.42 Å². The van der Waals surface area contributed by atoms with Crippen LogP contribution in [0, 0.1) is 6.92 Å². The number of aromatic amines is 1. The van der Waals surface area contributed by atoms with Gasteiger partial charge < -0.3 is 10.5 Å². The maximum Gasteiger partial charge on any atom is 0.244 e. The number of nitrogens with zero attached hydrogens (tertiary/aromatic N) is 3. The molecule has 1 atom stereocenters. The molecule has 0 aliphatic rings. The number of H-pyrrole nitrogens is 1. The predicted molar refractivity (Wildman–Crippen MR) is 130 cm³/mol. The molecule has 0 bridgehead atoms. The van der Waals surface area contributed by atoms with Gasteiger partial charge in [0.05, 0.1) is 12.3 Å². The Balaban J connectivity index is 1.62. The number of nitrogens with two attached hydrogens (primary N) is 1. The lowest BCUT2D eigenvalue weighted by Gasteiger charge is -2.15. The molecule has 0 aliphatic heterocycles. The first-order valence-corrected chi connectivity index (χ1v) is 13.2. The number of aryl methyl sites for hydroxylation is 1. The molecule has 0 saturated carbocycles. The SMILES string of the molecule is CCCCCCCCOc1ccc(N)cc1S(=O)(=O)NCC(C)c1nc2c(Cl)c(C)[nH]n2n1. The van der Waals surface area contributed by atoms with E-state index in [-0.39, 0.29) is 17.4 Å². The summed E-state index contributed by atoms with van der Waals surface area (Å²) >= 11 is 6.21. The average molecular weight is 497 g/mol. The molecule has 182 valence electrons. The fourth-order valence-corrected chi connectivity index (χ4v) is 4.93. The third-order valence-corrected chi connectivity index (χ3v) is 7.35. The van der Waals surface area contributed by atoms with Crippen molar-refractivity contribution in [3.8, 4) is 5.75 Å². The van der Waals surface area contributed by atoms with E-state index in [4.69, 9.17) is 22.1 Å². The van der Waals surface area contributed by atoms with Crippen molar-refractivity contribution >= 4 is 33.0 Å². The molecular formula is C22H33ClN6O3S. The van der Waals surface area contributed by atoms with Gasteiger partial charge in [-0.2, -0.15) is 4.63 Å². The number of nitrogen functional groups attached to an aromatic ring is 1. The maximum atomic E-state index is 13.0. The molecule has 2 heterocycles. The molecule has 11 heteroatoms. The van der Waals surface area contributed by atoms with Crippen molar-refractivity contribution in [2.75, 3.05) is 18.9 Å². The number of rotatable bonds is 13. The van der Waals surface area contributed by atoms with Crippen molar-refractivity contribution in [3.63, 3.8) is 0 Å².